The molecule has 1 heterocycles. The molecule has 19 heavy (non-hydrogen) atoms. The third-order valence-corrected chi connectivity index (χ3v) is 3.23. The normalized spacial score (nSPS) is 16.5. The van der Waals surface area contributed by atoms with Crippen LogP contribution in [0.15, 0.2) is 24.3 Å². The van der Waals surface area contributed by atoms with Crippen molar-refractivity contribution in [3.63, 3.8) is 0 Å². The number of ether oxygens (including phenoxy) is 3. The first-order valence-corrected chi connectivity index (χ1v) is 6.90. The van der Waals surface area contributed by atoms with Crippen LogP contribution >= 0.6 is 0 Å². The molecule has 0 saturated carbocycles. The molecule has 1 aliphatic rings. The second kappa shape index (κ2) is 8.15. The number of methoxy groups -OCH3 is 1. The zero-order chi connectivity index (χ0) is 13.3. The molecule has 4 heteroatoms. The Morgan fingerprint density at radius 3 is 2.95 bits per heavy atom. The first-order valence-electron chi connectivity index (χ1n) is 6.90. The minimum Gasteiger partial charge on any atom is -0.492 e. The third-order valence-electron chi connectivity index (χ3n) is 3.23. The molecule has 0 aromatic heterocycles. The minimum absolute atomic E-state index is 0.581. The van der Waals surface area contributed by atoms with Gasteiger partial charge < -0.3 is 19.5 Å². The van der Waals surface area contributed by atoms with Crippen LogP contribution in [-0.4, -0.2) is 39.5 Å². The van der Waals surface area contributed by atoms with Gasteiger partial charge in [-0.15, -0.1) is 0 Å². The summed E-state index contributed by atoms with van der Waals surface area (Å²) in [7, 11) is 1.70. The molecule has 1 aliphatic heterocycles. The van der Waals surface area contributed by atoms with E-state index in [0.717, 1.165) is 43.9 Å². The third kappa shape index (κ3) is 5.19. The van der Waals surface area contributed by atoms with E-state index in [4.69, 9.17) is 14.2 Å². The first kappa shape index (κ1) is 14.3. The quantitative estimate of drug-likeness (QED) is 0.765. The van der Waals surface area contributed by atoms with Gasteiger partial charge in [-0.1, -0.05) is 12.1 Å². The lowest BCUT2D eigenvalue weighted by molar-refractivity contribution is 0.0770. The number of hydrogen-bond donors (Lipinski definition) is 1. The maximum atomic E-state index is 5.73. The van der Waals surface area contributed by atoms with E-state index in [1.165, 1.54) is 0 Å². The number of hydrogen-bond acceptors (Lipinski definition) is 4. The SMILES string of the molecule is COCc1cccc(OCCNC2CCOCC2)c1. The lowest BCUT2D eigenvalue weighted by Crippen LogP contribution is -2.37. The van der Waals surface area contributed by atoms with Crippen molar-refractivity contribution in [2.45, 2.75) is 25.5 Å². The zero-order valence-electron chi connectivity index (χ0n) is 11.6. The highest BCUT2D eigenvalue weighted by Crippen LogP contribution is 2.13. The van der Waals surface area contributed by atoms with Crippen molar-refractivity contribution in [3.8, 4) is 5.75 Å². The Morgan fingerprint density at radius 1 is 1.32 bits per heavy atom. The predicted octanol–water partition coefficient (Wildman–Crippen LogP) is 1.98. The molecule has 0 unspecified atom stereocenters. The van der Waals surface area contributed by atoms with Crippen LogP contribution in [0.25, 0.3) is 0 Å². The van der Waals surface area contributed by atoms with Gasteiger partial charge in [0.2, 0.25) is 0 Å². The van der Waals surface area contributed by atoms with Crippen LogP contribution in [0.3, 0.4) is 0 Å². The van der Waals surface area contributed by atoms with E-state index in [1.54, 1.807) is 7.11 Å². The highest BCUT2D eigenvalue weighted by molar-refractivity contribution is 5.28. The van der Waals surface area contributed by atoms with E-state index in [-0.39, 0.29) is 0 Å². The molecular formula is C15H23NO3. The van der Waals surface area contributed by atoms with Crippen molar-refractivity contribution >= 4 is 0 Å². The van der Waals surface area contributed by atoms with E-state index in [0.29, 0.717) is 19.3 Å². The standard InChI is InChI=1S/C15H23NO3/c1-17-12-13-3-2-4-15(11-13)19-10-7-16-14-5-8-18-9-6-14/h2-4,11,14,16H,5-10,12H2,1H3. The van der Waals surface area contributed by atoms with Gasteiger partial charge in [0.25, 0.3) is 0 Å². The summed E-state index contributed by atoms with van der Waals surface area (Å²) in [5.41, 5.74) is 1.14. The molecule has 1 N–H and O–H groups in total. The van der Waals surface area contributed by atoms with Gasteiger partial charge in [0, 0.05) is 32.9 Å². The summed E-state index contributed by atoms with van der Waals surface area (Å²) in [6.45, 7) is 3.93. The van der Waals surface area contributed by atoms with E-state index in [2.05, 4.69) is 5.32 Å². The molecule has 1 aromatic carbocycles. The summed E-state index contributed by atoms with van der Waals surface area (Å²) >= 11 is 0. The Kier molecular flexibility index (Phi) is 6.14. The van der Waals surface area contributed by atoms with Gasteiger partial charge in [0.1, 0.15) is 12.4 Å². The highest BCUT2D eigenvalue weighted by atomic mass is 16.5. The maximum Gasteiger partial charge on any atom is 0.119 e. The summed E-state index contributed by atoms with van der Waals surface area (Å²) in [6.07, 6.45) is 2.20. The van der Waals surface area contributed by atoms with Crippen molar-refractivity contribution < 1.29 is 14.2 Å². The Labute approximate surface area is 115 Å². The van der Waals surface area contributed by atoms with Gasteiger partial charge in [-0.3, -0.25) is 0 Å². The van der Waals surface area contributed by atoms with Gasteiger partial charge in [-0.05, 0) is 30.5 Å². The second-order valence-corrected chi connectivity index (χ2v) is 4.77. The highest BCUT2D eigenvalue weighted by Gasteiger charge is 2.12. The summed E-state index contributed by atoms with van der Waals surface area (Å²) in [5, 5.41) is 3.50. The van der Waals surface area contributed by atoms with Crippen LogP contribution in [0, 0.1) is 0 Å². The first-order chi connectivity index (χ1) is 9.38. The molecule has 1 fully saturated rings. The number of rotatable bonds is 7. The van der Waals surface area contributed by atoms with Gasteiger partial charge in [0.15, 0.2) is 0 Å². The Hall–Kier alpha value is -1.10. The van der Waals surface area contributed by atoms with E-state index < -0.39 is 0 Å². The van der Waals surface area contributed by atoms with Gasteiger partial charge in [-0.25, -0.2) is 0 Å². The largest absolute Gasteiger partial charge is 0.492 e. The monoisotopic (exact) mass is 265 g/mol. The Balaban J connectivity index is 1.65. The lowest BCUT2D eigenvalue weighted by atomic mass is 10.1. The van der Waals surface area contributed by atoms with Gasteiger partial charge in [-0.2, -0.15) is 0 Å². The van der Waals surface area contributed by atoms with Crippen molar-refractivity contribution in [2.24, 2.45) is 0 Å². The number of nitrogens with one attached hydrogen (secondary N) is 1. The topological polar surface area (TPSA) is 39.7 Å². The molecule has 0 amide bonds. The molecule has 4 nitrogen and oxygen atoms in total. The lowest BCUT2D eigenvalue weighted by Gasteiger charge is -2.23. The second-order valence-electron chi connectivity index (χ2n) is 4.77. The summed E-state index contributed by atoms with van der Waals surface area (Å²) in [4.78, 5) is 0. The molecule has 0 spiro atoms. The van der Waals surface area contributed by atoms with Crippen LogP contribution in [0.2, 0.25) is 0 Å². The predicted molar refractivity (Wildman–Crippen MR) is 74.5 cm³/mol. The molecule has 0 atom stereocenters. The number of benzene rings is 1. The van der Waals surface area contributed by atoms with Crippen molar-refractivity contribution in [2.75, 3.05) is 33.5 Å². The molecule has 2 rings (SSSR count). The fraction of sp³-hybridized carbons (Fsp3) is 0.600. The fourth-order valence-corrected chi connectivity index (χ4v) is 2.23. The summed E-state index contributed by atoms with van der Waals surface area (Å²) in [5.74, 6) is 0.906. The molecule has 1 saturated heterocycles. The molecule has 0 radical (unpaired) electrons. The van der Waals surface area contributed by atoms with Crippen LogP contribution in [0.5, 0.6) is 5.75 Å². The van der Waals surface area contributed by atoms with Crippen molar-refractivity contribution in [1.29, 1.82) is 0 Å². The summed E-state index contributed by atoms with van der Waals surface area (Å²) < 4.78 is 16.2. The summed E-state index contributed by atoms with van der Waals surface area (Å²) in [6, 6.07) is 8.62. The van der Waals surface area contributed by atoms with Crippen LogP contribution in [-0.2, 0) is 16.1 Å². The fourth-order valence-electron chi connectivity index (χ4n) is 2.23. The van der Waals surface area contributed by atoms with E-state index in [1.807, 2.05) is 24.3 Å². The van der Waals surface area contributed by atoms with Crippen molar-refractivity contribution in [3.05, 3.63) is 29.8 Å². The average Bonchev–Trinajstić information content (AvgIpc) is 2.46. The molecular weight excluding hydrogens is 242 g/mol. The smallest absolute Gasteiger partial charge is 0.119 e. The van der Waals surface area contributed by atoms with Crippen molar-refractivity contribution in [1.82, 2.24) is 5.32 Å². The Bertz CT molecular complexity index is 364. The molecule has 0 aliphatic carbocycles. The van der Waals surface area contributed by atoms with Gasteiger partial charge in [0.05, 0.1) is 6.61 Å². The van der Waals surface area contributed by atoms with Crippen LogP contribution in [0.4, 0.5) is 0 Å². The Morgan fingerprint density at radius 2 is 2.16 bits per heavy atom. The molecule has 106 valence electrons. The van der Waals surface area contributed by atoms with Crippen LogP contribution < -0.4 is 10.1 Å². The van der Waals surface area contributed by atoms with E-state index in [9.17, 15) is 0 Å². The maximum absolute atomic E-state index is 5.73. The molecule has 1 aromatic rings. The zero-order valence-corrected chi connectivity index (χ0v) is 11.6. The molecule has 0 bridgehead atoms. The minimum atomic E-state index is 0.581. The van der Waals surface area contributed by atoms with Gasteiger partial charge >= 0.3 is 0 Å². The average molecular weight is 265 g/mol. The van der Waals surface area contributed by atoms with E-state index >= 15 is 0 Å². The van der Waals surface area contributed by atoms with Crippen LogP contribution in [0.1, 0.15) is 18.4 Å².